The van der Waals surface area contributed by atoms with Gasteiger partial charge < -0.3 is 15.1 Å². The van der Waals surface area contributed by atoms with E-state index in [2.05, 4.69) is 15.7 Å². The Balaban J connectivity index is 1.71. The first-order valence-corrected chi connectivity index (χ1v) is 11.0. The summed E-state index contributed by atoms with van der Waals surface area (Å²) in [5, 5.41) is 11.1. The van der Waals surface area contributed by atoms with Gasteiger partial charge in [0.2, 0.25) is 0 Å². The number of carbonyl (C=O) groups is 2. The van der Waals surface area contributed by atoms with Gasteiger partial charge in [-0.25, -0.2) is 9.67 Å². The fraction of sp³-hybridized carbons (Fsp3) is 0.250. The van der Waals surface area contributed by atoms with E-state index in [0.29, 0.717) is 33.0 Å². The molecule has 33 heavy (non-hydrogen) atoms. The quantitative estimate of drug-likeness (QED) is 0.369. The molecule has 0 unspecified atom stereocenters. The molecule has 170 valence electrons. The van der Waals surface area contributed by atoms with Gasteiger partial charge in [0, 0.05) is 16.8 Å². The van der Waals surface area contributed by atoms with Crippen molar-refractivity contribution in [3.8, 4) is 0 Å². The molecule has 9 heteroatoms. The zero-order valence-corrected chi connectivity index (χ0v) is 19.5. The van der Waals surface area contributed by atoms with Gasteiger partial charge in [0.05, 0.1) is 34.8 Å². The number of pyridine rings is 1. The minimum atomic E-state index is -0.454. The van der Waals surface area contributed by atoms with E-state index in [4.69, 9.17) is 21.0 Å². The monoisotopic (exact) mass is 465 g/mol. The number of hydrogen-bond acceptors (Lipinski definition) is 5. The smallest absolute Gasteiger partial charge is 0.291 e. The topological polar surface area (TPSA) is 102 Å². The Bertz CT molecular complexity index is 1330. The van der Waals surface area contributed by atoms with E-state index in [9.17, 15) is 9.59 Å². The highest BCUT2D eigenvalue weighted by Gasteiger charge is 2.20. The Kier molecular flexibility index (Phi) is 6.20. The molecule has 8 nitrogen and oxygen atoms in total. The van der Waals surface area contributed by atoms with Crippen LogP contribution in [0.25, 0.3) is 11.0 Å². The lowest BCUT2D eigenvalue weighted by Crippen LogP contribution is -2.17. The molecule has 0 atom stereocenters. The van der Waals surface area contributed by atoms with Crippen molar-refractivity contribution in [2.24, 2.45) is 0 Å². The van der Waals surface area contributed by atoms with Crippen LogP contribution in [0.5, 0.6) is 0 Å². The third-order valence-electron chi connectivity index (χ3n) is 5.13. The normalized spacial score (nSPS) is 11.4. The molecule has 0 saturated carbocycles. The van der Waals surface area contributed by atoms with E-state index in [1.165, 1.54) is 6.26 Å². The maximum atomic E-state index is 13.4. The van der Waals surface area contributed by atoms with Crippen LogP contribution >= 0.6 is 11.6 Å². The summed E-state index contributed by atoms with van der Waals surface area (Å²) in [6.07, 6.45) is 3.07. The summed E-state index contributed by atoms with van der Waals surface area (Å²) in [5.41, 5.74) is 2.65. The SMILES string of the molecule is CC(C)c1cc(C(=O)Nc2ccc(Cl)cc2NC(=O)c2ccco2)c2cnn(C(C)C)c2n1. The molecular formula is C24H24ClN5O3. The highest BCUT2D eigenvalue weighted by molar-refractivity contribution is 6.31. The first-order chi connectivity index (χ1) is 15.7. The summed E-state index contributed by atoms with van der Waals surface area (Å²) < 4.78 is 6.95. The number of fused-ring (bicyclic) bond motifs is 1. The second-order valence-corrected chi connectivity index (χ2v) is 8.68. The number of carbonyl (C=O) groups excluding carboxylic acids is 2. The van der Waals surface area contributed by atoms with E-state index in [0.717, 1.165) is 5.69 Å². The highest BCUT2D eigenvalue weighted by atomic mass is 35.5. The summed E-state index contributed by atoms with van der Waals surface area (Å²) in [6.45, 7) is 8.07. The Labute approximate surface area is 195 Å². The van der Waals surface area contributed by atoms with Crippen LogP contribution in [0.15, 0.2) is 53.3 Å². The molecule has 1 aromatic carbocycles. The number of amides is 2. The molecule has 4 aromatic rings. The summed E-state index contributed by atoms with van der Waals surface area (Å²) in [5.74, 6) is -0.534. The molecule has 0 radical (unpaired) electrons. The Morgan fingerprint density at radius 2 is 1.79 bits per heavy atom. The van der Waals surface area contributed by atoms with Crippen molar-refractivity contribution in [3.05, 3.63) is 70.9 Å². The maximum Gasteiger partial charge on any atom is 0.291 e. The summed E-state index contributed by atoms with van der Waals surface area (Å²) in [7, 11) is 0. The molecule has 0 saturated heterocycles. The molecule has 0 aliphatic rings. The van der Waals surface area contributed by atoms with Crippen LogP contribution in [-0.2, 0) is 0 Å². The number of anilines is 2. The zero-order chi connectivity index (χ0) is 23.7. The van der Waals surface area contributed by atoms with Gasteiger partial charge in [0.1, 0.15) is 0 Å². The molecule has 0 aliphatic carbocycles. The fourth-order valence-electron chi connectivity index (χ4n) is 3.41. The molecular weight excluding hydrogens is 442 g/mol. The molecule has 3 heterocycles. The molecule has 0 aliphatic heterocycles. The van der Waals surface area contributed by atoms with Gasteiger partial charge in [0.25, 0.3) is 11.8 Å². The number of furan rings is 1. The number of benzene rings is 1. The average molecular weight is 466 g/mol. The van der Waals surface area contributed by atoms with Crippen LogP contribution in [0, 0.1) is 0 Å². The molecule has 4 rings (SSSR count). The van der Waals surface area contributed by atoms with Crippen LogP contribution in [0.1, 0.15) is 66.3 Å². The van der Waals surface area contributed by atoms with Crippen LogP contribution in [0.2, 0.25) is 5.02 Å². The molecule has 2 N–H and O–H groups in total. The number of halogens is 1. The second kappa shape index (κ2) is 9.07. The van der Waals surface area contributed by atoms with E-state index in [1.54, 1.807) is 47.3 Å². The van der Waals surface area contributed by atoms with Crippen LogP contribution in [-0.4, -0.2) is 26.6 Å². The van der Waals surface area contributed by atoms with E-state index in [-0.39, 0.29) is 23.6 Å². The lowest BCUT2D eigenvalue weighted by molar-refractivity contribution is 0.0993. The third kappa shape index (κ3) is 4.61. The Morgan fingerprint density at radius 3 is 2.45 bits per heavy atom. The first kappa shape index (κ1) is 22.5. The fourth-order valence-corrected chi connectivity index (χ4v) is 3.58. The third-order valence-corrected chi connectivity index (χ3v) is 5.37. The maximum absolute atomic E-state index is 13.4. The number of aromatic nitrogens is 3. The van der Waals surface area contributed by atoms with E-state index >= 15 is 0 Å². The van der Waals surface area contributed by atoms with Crippen LogP contribution in [0.3, 0.4) is 0 Å². The Hall–Kier alpha value is -3.65. The number of nitrogens with one attached hydrogen (secondary N) is 2. The molecule has 0 spiro atoms. The van der Waals surface area contributed by atoms with Gasteiger partial charge in [0.15, 0.2) is 11.4 Å². The molecule has 0 bridgehead atoms. The van der Waals surface area contributed by atoms with Gasteiger partial charge in [-0.3, -0.25) is 9.59 Å². The number of nitrogens with zero attached hydrogens (tertiary/aromatic N) is 3. The summed E-state index contributed by atoms with van der Waals surface area (Å²) in [4.78, 5) is 30.6. The summed E-state index contributed by atoms with van der Waals surface area (Å²) >= 11 is 6.14. The van der Waals surface area contributed by atoms with Gasteiger partial charge in [-0.05, 0) is 56.2 Å². The van der Waals surface area contributed by atoms with Gasteiger partial charge in [-0.2, -0.15) is 5.10 Å². The van der Waals surface area contributed by atoms with Crippen LogP contribution < -0.4 is 10.6 Å². The van der Waals surface area contributed by atoms with Crippen molar-refractivity contribution < 1.29 is 14.0 Å². The molecule has 2 amide bonds. The standard InChI is InChI=1S/C24H24ClN5O3/c1-13(2)19-11-16(17-12-26-30(14(3)4)22(17)27-19)23(31)28-18-8-7-15(25)10-20(18)29-24(32)21-6-5-9-33-21/h5-14H,1-4H3,(H,28,31)(H,29,32). The lowest BCUT2D eigenvalue weighted by atomic mass is 10.0. The van der Waals surface area contributed by atoms with Crippen molar-refractivity contribution in [1.29, 1.82) is 0 Å². The molecule has 3 aromatic heterocycles. The Morgan fingerprint density at radius 1 is 1.03 bits per heavy atom. The van der Waals surface area contributed by atoms with E-state index in [1.807, 2.05) is 27.7 Å². The largest absolute Gasteiger partial charge is 0.459 e. The predicted octanol–water partition coefficient (Wildman–Crippen LogP) is 5.89. The van der Waals surface area contributed by atoms with Crippen molar-refractivity contribution in [3.63, 3.8) is 0 Å². The van der Waals surface area contributed by atoms with E-state index < -0.39 is 5.91 Å². The predicted molar refractivity (Wildman–Crippen MR) is 128 cm³/mol. The van der Waals surface area contributed by atoms with Crippen molar-refractivity contribution >= 4 is 45.8 Å². The molecule has 0 fully saturated rings. The van der Waals surface area contributed by atoms with Gasteiger partial charge >= 0.3 is 0 Å². The van der Waals surface area contributed by atoms with Gasteiger partial charge in [-0.15, -0.1) is 0 Å². The lowest BCUT2D eigenvalue weighted by Gasteiger charge is -2.14. The zero-order valence-electron chi connectivity index (χ0n) is 18.7. The number of hydrogen-bond donors (Lipinski definition) is 2. The second-order valence-electron chi connectivity index (χ2n) is 8.25. The van der Waals surface area contributed by atoms with Crippen molar-refractivity contribution in [2.45, 2.75) is 39.7 Å². The number of rotatable bonds is 6. The summed E-state index contributed by atoms with van der Waals surface area (Å²) in [6, 6.07) is 9.88. The average Bonchev–Trinajstić information content (AvgIpc) is 3.44. The first-order valence-electron chi connectivity index (χ1n) is 10.6. The minimum Gasteiger partial charge on any atom is -0.459 e. The van der Waals surface area contributed by atoms with Crippen molar-refractivity contribution in [2.75, 3.05) is 10.6 Å². The van der Waals surface area contributed by atoms with Crippen molar-refractivity contribution in [1.82, 2.24) is 14.8 Å². The minimum absolute atomic E-state index is 0.0907. The van der Waals surface area contributed by atoms with Gasteiger partial charge in [-0.1, -0.05) is 25.4 Å². The van der Waals surface area contributed by atoms with Crippen LogP contribution in [0.4, 0.5) is 11.4 Å². The highest BCUT2D eigenvalue weighted by Crippen LogP contribution is 2.29.